The summed E-state index contributed by atoms with van der Waals surface area (Å²) < 4.78 is 5.34. The molecule has 6 nitrogen and oxygen atoms in total. The predicted molar refractivity (Wildman–Crippen MR) is 101 cm³/mol. The van der Waals surface area contributed by atoms with Crippen LogP contribution in [0.4, 0.5) is 10.3 Å². The molecule has 3 heterocycles. The molecule has 0 unspecified atom stereocenters. The Bertz CT molecular complexity index is 691. The van der Waals surface area contributed by atoms with Crippen molar-refractivity contribution in [3.05, 3.63) is 35.9 Å². The summed E-state index contributed by atoms with van der Waals surface area (Å²) in [5, 5.41) is 10.3. The third kappa shape index (κ3) is 4.16. The third-order valence-corrected chi connectivity index (χ3v) is 5.71. The Balaban J connectivity index is 1.33. The van der Waals surface area contributed by atoms with Crippen LogP contribution in [0.15, 0.2) is 35.3 Å². The number of hydrogen-bond donors (Lipinski definition) is 0. The SMILES string of the molecule is C(=Nc1nnc(N2CCC(c3ccccc3)CC2)s1)N1CCOCC1. The quantitative estimate of drug-likeness (QED) is 0.622. The van der Waals surface area contributed by atoms with Gasteiger partial charge in [-0.2, -0.15) is 0 Å². The minimum absolute atomic E-state index is 0.657. The summed E-state index contributed by atoms with van der Waals surface area (Å²) >= 11 is 1.57. The number of ether oxygens (including phenoxy) is 1. The van der Waals surface area contributed by atoms with Crippen LogP contribution in [-0.4, -0.2) is 60.8 Å². The van der Waals surface area contributed by atoms with E-state index in [2.05, 4.69) is 55.3 Å². The molecule has 2 saturated heterocycles. The van der Waals surface area contributed by atoms with Crippen LogP contribution in [0.25, 0.3) is 0 Å². The van der Waals surface area contributed by atoms with Gasteiger partial charge in [0.25, 0.3) is 0 Å². The van der Waals surface area contributed by atoms with Gasteiger partial charge in [-0.15, -0.1) is 10.2 Å². The minimum atomic E-state index is 0.657. The molecular formula is C18H23N5OS. The summed E-state index contributed by atoms with van der Waals surface area (Å²) in [4.78, 5) is 8.97. The molecule has 25 heavy (non-hydrogen) atoms. The lowest BCUT2D eigenvalue weighted by Gasteiger charge is -2.31. The van der Waals surface area contributed by atoms with E-state index in [1.54, 1.807) is 11.3 Å². The van der Waals surface area contributed by atoms with E-state index >= 15 is 0 Å². The monoisotopic (exact) mass is 357 g/mol. The number of morpholine rings is 1. The summed E-state index contributed by atoms with van der Waals surface area (Å²) in [7, 11) is 0. The van der Waals surface area contributed by atoms with Gasteiger partial charge in [-0.25, -0.2) is 4.99 Å². The van der Waals surface area contributed by atoms with Crippen molar-refractivity contribution < 1.29 is 4.74 Å². The molecule has 0 N–H and O–H groups in total. The van der Waals surface area contributed by atoms with Crippen LogP contribution in [0.2, 0.25) is 0 Å². The van der Waals surface area contributed by atoms with Crippen LogP contribution >= 0.6 is 11.3 Å². The summed E-state index contributed by atoms with van der Waals surface area (Å²) in [5.41, 5.74) is 1.45. The Morgan fingerprint density at radius 2 is 1.80 bits per heavy atom. The molecule has 132 valence electrons. The van der Waals surface area contributed by atoms with Crippen LogP contribution in [0.5, 0.6) is 0 Å². The maximum atomic E-state index is 5.34. The number of piperidine rings is 1. The zero-order valence-corrected chi connectivity index (χ0v) is 15.1. The van der Waals surface area contributed by atoms with Crippen molar-refractivity contribution >= 4 is 27.9 Å². The van der Waals surface area contributed by atoms with Gasteiger partial charge in [0.15, 0.2) is 0 Å². The Hall–Kier alpha value is -1.99. The van der Waals surface area contributed by atoms with E-state index in [-0.39, 0.29) is 0 Å². The van der Waals surface area contributed by atoms with E-state index in [4.69, 9.17) is 4.74 Å². The van der Waals surface area contributed by atoms with Crippen molar-refractivity contribution in [2.75, 3.05) is 44.3 Å². The van der Waals surface area contributed by atoms with Gasteiger partial charge in [0, 0.05) is 26.2 Å². The van der Waals surface area contributed by atoms with E-state index in [1.807, 2.05) is 6.34 Å². The fraction of sp³-hybridized carbons (Fsp3) is 0.500. The highest BCUT2D eigenvalue weighted by Crippen LogP contribution is 2.33. The summed E-state index contributed by atoms with van der Waals surface area (Å²) in [6.07, 6.45) is 4.19. The predicted octanol–water partition coefficient (Wildman–Crippen LogP) is 2.91. The van der Waals surface area contributed by atoms with Crippen LogP contribution in [0.1, 0.15) is 24.3 Å². The van der Waals surface area contributed by atoms with Gasteiger partial charge in [-0.05, 0) is 24.3 Å². The molecule has 2 aliphatic heterocycles. The van der Waals surface area contributed by atoms with Gasteiger partial charge >= 0.3 is 0 Å². The second-order valence-corrected chi connectivity index (χ2v) is 7.37. The van der Waals surface area contributed by atoms with Crippen molar-refractivity contribution in [1.29, 1.82) is 0 Å². The molecule has 2 fully saturated rings. The smallest absolute Gasteiger partial charge is 0.234 e. The summed E-state index contributed by atoms with van der Waals surface area (Å²) in [5.74, 6) is 0.657. The van der Waals surface area contributed by atoms with Crippen molar-refractivity contribution in [3.8, 4) is 0 Å². The zero-order valence-electron chi connectivity index (χ0n) is 14.3. The second-order valence-electron chi connectivity index (χ2n) is 6.43. The largest absolute Gasteiger partial charge is 0.378 e. The normalized spacial score (nSPS) is 19.7. The number of benzene rings is 1. The lowest BCUT2D eigenvalue weighted by molar-refractivity contribution is 0.0701. The number of anilines is 1. The van der Waals surface area contributed by atoms with E-state index in [0.29, 0.717) is 5.92 Å². The summed E-state index contributed by atoms with van der Waals surface area (Å²) in [6.45, 7) is 5.38. The molecule has 0 amide bonds. The highest BCUT2D eigenvalue weighted by Gasteiger charge is 2.22. The van der Waals surface area contributed by atoms with Gasteiger partial charge in [-0.1, -0.05) is 41.7 Å². The van der Waals surface area contributed by atoms with Crippen LogP contribution in [0.3, 0.4) is 0 Å². The average molecular weight is 357 g/mol. The van der Waals surface area contributed by atoms with Crippen LogP contribution in [0, 0.1) is 0 Å². The molecule has 7 heteroatoms. The molecule has 0 aliphatic carbocycles. The van der Waals surface area contributed by atoms with Gasteiger partial charge in [0.2, 0.25) is 10.3 Å². The van der Waals surface area contributed by atoms with Gasteiger partial charge in [0.05, 0.1) is 19.6 Å². The van der Waals surface area contributed by atoms with E-state index < -0.39 is 0 Å². The first-order valence-corrected chi connectivity index (χ1v) is 9.69. The standard InChI is InChI=1S/C18H23N5OS/c1-2-4-15(5-3-1)16-6-8-23(9-7-16)18-21-20-17(25-18)19-14-22-10-12-24-13-11-22/h1-5,14,16H,6-13H2. The molecule has 0 atom stereocenters. The Morgan fingerprint density at radius 1 is 1.04 bits per heavy atom. The molecule has 1 aromatic carbocycles. The van der Waals surface area contributed by atoms with E-state index in [9.17, 15) is 0 Å². The first-order valence-electron chi connectivity index (χ1n) is 8.88. The number of rotatable bonds is 4. The minimum Gasteiger partial charge on any atom is -0.378 e. The van der Waals surface area contributed by atoms with Crippen molar-refractivity contribution in [2.24, 2.45) is 4.99 Å². The molecular weight excluding hydrogens is 334 g/mol. The van der Waals surface area contributed by atoms with Crippen molar-refractivity contribution in [2.45, 2.75) is 18.8 Å². The van der Waals surface area contributed by atoms with Crippen LogP contribution in [-0.2, 0) is 4.74 Å². The molecule has 0 spiro atoms. The first kappa shape index (κ1) is 16.5. The van der Waals surface area contributed by atoms with Crippen molar-refractivity contribution in [1.82, 2.24) is 15.1 Å². The zero-order chi connectivity index (χ0) is 16.9. The number of aliphatic imine (C=N–C) groups is 1. The van der Waals surface area contributed by atoms with Crippen LogP contribution < -0.4 is 4.90 Å². The molecule has 2 aliphatic rings. The van der Waals surface area contributed by atoms with E-state index in [0.717, 1.165) is 62.5 Å². The topological polar surface area (TPSA) is 53.9 Å². The lowest BCUT2D eigenvalue weighted by atomic mass is 9.90. The Kier molecular flexibility index (Phi) is 5.22. The molecule has 0 radical (unpaired) electrons. The Morgan fingerprint density at radius 3 is 2.56 bits per heavy atom. The lowest BCUT2D eigenvalue weighted by Crippen LogP contribution is -2.34. The Labute approximate surface area is 152 Å². The molecule has 4 rings (SSSR count). The second kappa shape index (κ2) is 7.93. The maximum Gasteiger partial charge on any atom is 0.234 e. The first-order chi connectivity index (χ1) is 12.4. The van der Waals surface area contributed by atoms with Gasteiger partial charge in [0.1, 0.15) is 0 Å². The summed E-state index contributed by atoms with van der Waals surface area (Å²) in [6, 6.07) is 10.8. The number of hydrogen-bond acceptors (Lipinski definition) is 6. The average Bonchev–Trinajstić information content (AvgIpc) is 3.17. The van der Waals surface area contributed by atoms with E-state index in [1.165, 1.54) is 5.56 Å². The fourth-order valence-electron chi connectivity index (χ4n) is 3.34. The van der Waals surface area contributed by atoms with Gasteiger partial charge in [-0.3, -0.25) is 0 Å². The highest BCUT2D eigenvalue weighted by atomic mass is 32.1. The molecule has 0 bridgehead atoms. The fourth-order valence-corrected chi connectivity index (χ4v) is 4.08. The maximum absolute atomic E-state index is 5.34. The highest BCUT2D eigenvalue weighted by molar-refractivity contribution is 7.18. The van der Waals surface area contributed by atoms with Gasteiger partial charge < -0.3 is 14.5 Å². The number of aromatic nitrogens is 2. The van der Waals surface area contributed by atoms with Crippen molar-refractivity contribution in [3.63, 3.8) is 0 Å². The molecule has 1 aromatic heterocycles. The number of nitrogens with zero attached hydrogens (tertiary/aromatic N) is 5. The molecule has 0 saturated carbocycles. The third-order valence-electron chi connectivity index (χ3n) is 4.82. The molecule has 2 aromatic rings.